The highest BCUT2D eigenvalue weighted by atomic mass is 32.2. The average molecular weight is 391 g/mol. The van der Waals surface area contributed by atoms with E-state index in [4.69, 9.17) is 0 Å². The molecule has 142 valence electrons. The Kier molecular flexibility index (Phi) is 4.31. The summed E-state index contributed by atoms with van der Waals surface area (Å²) in [5, 5.41) is 0. The van der Waals surface area contributed by atoms with Gasteiger partial charge in [-0.15, -0.1) is 0 Å². The highest BCUT2D eigenvalue weighted by Crippen LogP contribution is 2.46. The molecule has 1 saturated heterocycles. The van der Waals surface area contributed by atoms with Crippen molar-refractivity contribution in [2.75, 3.05) is 13.1 Å². The van der Waals surface area contributed by atoms with Crippen molar-refractivity contribution in [3.8, 4) is 0 Å². The highest BCUT2D eigenvalue weighted by molar-refractivity contribution is 7.89. The lowest BCUT2D eigenvalue weighted by atomic mass is 9.93. The molecule has 3 aromatic rings. The van der Waals surface area contributed by atoms with Gasteiger partial charge in [-0.1, -0.05) is 72.8 Å². The van der Waals surface area contributed by atoms with E-state index in [2.05, 4.69) is 23.1 Å². The molecule has 2 unspecified atom stereocenters. The van der Waals surface area contributed by atoms with Gasteiger partial charge in [0.05, 0.1) is 10.9 Å². The smallest absolute Gasteiger partial charge is 0.244 e. The fourth-order valence-corrected chi connectivity index (χ4v) is 6.16. The predicted octanol–water partition coefficient (Wildman–Crippen LogP) is 3.99. The largest absolute Gasteiger partial charge is 0.274 e. The Bertz CT molecular complexity index is 1080. The third-order valence-corrected chi connectivity index (χ3v) is 7.68. The summed E-state index contributed by atoms with van der Waals surface area (Å²) in [5.74, 6) is 0. The van der Waals surface area contributed by atoms with Crippen molar-refractivity contribution in [2.24, 2.45) is 0 Å². The Labute approximate surface area is 166 Å². The van der Waals surface area contributed by atoms with Crippen LogP contribution < -0.4 is 0 Å². The van der Waals surface area contributed by atoms with E-state index in [1.165, 1.54) is 11.1 Å². The zero-order valence-corrected chi connectivity index (χ0v) is 16.3. The molecule has 5 rings (SSSR count). The van der Waals surface area contributed by atoms with Crippen LogP contribution >= 0.6 is 0 Å². The standard InChI is InChI=1S/C23H22N2O2S/c26-28(27,20-12-5-2-6-13-20)25-17-22-21-14-8-7-9-18(21)15-16-24(22)23(25)19-10-3-1-4-11-19/h1-14,22-23H,15-17H2. The topological polar surface area (TPSA) is 40.6 Å². The second-order valence-corrected chi connectivity index (χ2v) is 9.27. The zero-order chi connectivity index (χ0) is 19.1. The Morgan fingerprint density at radius 1 is 0.786 bits per heavy atom. The average Bonchev–Trinajstić information content (AvgIpc) is 3.16. The minimum Gasteiger partial charge on any atom is -0.274 e. The maximum atomic E-state index is 13.6. The summed E-state index contributed by atoms with van der Waals surface area (Å²) in [6.45, 7) is 1.32. The Hall–Kier alpha value is -2.47. The van der Waals surface area contributed by atoms with Gasteiger partial charge in [-0.3, -0.25) is 4.90 Å². The van der Waals surface area contributed by atoms with Crippen molar-refractivity contribution >= 4 is 10.0 Å². The summed E-state index contributed by atoms with van der Waals surface area (Å²) in [6, 6.07) is 27.3. The first-order chi connectivity index (χ1) is 13.7. The van der Waals surface area contributed by atoms with Gasteiger partial charge >= 0.3 is 0 Å². The van der Waals surface area contributed by atoms with E-state index < -0.39 is 10.0 Å². The molecule has 2 heterocycles. The fraction of sp³-hybridized carbons (Fsp3) is 0.217. The van der Waals surface area contributed by atoms with Crippen molar-refractivity contribution in [1.82, 2.24) is 9.21 Å². The molecular weight excluding hydrogens is 368 g/mol. The van der Waals surface area contributed by atoms with Crippen LogP contribution in [0.1, 0.15) is 28.9 Å². The predicted molar refractivity (Wildman–Crippen MR) is 109 cm³/mol. The molecule has 3 aromatic carbocycles. The van der Waals surface area contributed by atoms with Gasteiger partial charge in [0.25, 0.3) is 0 Å². The number of benzene rings is 3. The molecule has 2 aliphatic heterocycles. The van der Waals surface area contributed by atoms with Gasteiger partial charge in [0.15, 0.2) is 0 Å². The van der Waals surface area contributed by atoms with Gasteiger partial charge in [-0.25, -0.2) is 8.42 Å². The van der Waals surface area contributed by atoms with Gasteiger partial charge in [0, 0.05) is 13.1 Å². The van der Waals surface area contributed by atoms with Crippen LogP contribution in [-0.4, -0.2) is 30.7 Å². The van der Waals surface area contributed by atoms with Crippen LogP contribution in [0.25, 0.3) is 0 Å². The molecule has 5 heteroatoms. The molecule has 0 saturated carbocycles. The molecule has 2 atom stereocenters. The summed E-state index contributed by atoms with van der Waals surface area (Å²) in [4.78, 5) is 2.70. The summed E-state index contributed by atoms with van der Waals surface area (Å²) >= 11 is 0. The first-order valence-electron chi connectivity index (χ1n) is 9.61. The van der Waals surface area contributed by atoms with Gasteiger partial charge in [0.1, 0.15) is 6.17 Å². The van der Waals surface area contributed by atoms with Crippen LogP contribution in [0.5, 0.6) is 0 Å². The second kappa shape index (κ2) is 6.85. The lowest BCUT2D eigenvalue weighted by molar-refractivity contribution is 0.154. The molecule has 1 fully saturated rings. The third-order valence-electron chi connectivity index (χ3n) is 5.84. The summed E-state index contributed by atoms with van der Waals surface area (Å²) in [7, 11) is -3.61. The van der Waals surface area contributed by atoms with Crippen LogP contribution in [0, 0.1) is 0 Å². The van der Waals surface area contributed by atoms with Crippen molar-refractivity contribution in [2.45, 2.75) is 23.5 Å². The van der Waals surface area contributed by atoms with Gasteiger partial charge in [-0.2, -0.15) is 4.31 Å². The lowest BCUT2D eigenvalue weighted by Crippen LogP contribution is -2.37. The third kappa shape index (κ3) is 2.78. The highest BCUT2D eigenvalue weighted by Gasteiger charge is 2.48. The molecule has 4 nitrogen and oxygen atoms in total. The Balaban J connectivity index is 1.64. The number of hydrogen-bond acceptors (Lipinski definition) is 3. The van der Waals surface area contributed by atoms with Gasteiger partial charge in [-0.05, 0) is 35.2 Å². The van der Waals surface area contributed by atoms with Crippen molar-refractivity contribution in [3.05, 3.63) is 102 Å². The minimum atomic E-state index is -3.61. The van der Waals surface area contributed by atoms with Gasteiger partial charge in [0.2, 0.25) is 10.0 Å². The Morgan fingerprint density at radius 2 is 1.43 bits per heavy atom. The van der Waals surface area contributed by atoms with E-state index in [0.29, 0.717) is 11.4 Å². The van der Waals surface area contributed by atoms with Crippen LogP contribution in [0.4, 0.5) is 0 Å². The molecule has 0 amide bonds. The number of sulfonamides is 1. The first-order valence-corrected chi connectivity index (χ1v) is 11.1. The molecule has 2 aliphatic rings. The van der Waals surface area contributed by atoms with Crippen LogP contribution in [-0.2, 0) is 16.4 Å². The molecular formula is C23H22N2O2S. The maximum Gasteiger partial charge on any atom is 0.244 e. The molecule has 0 radical (unpaired) electrons. The summed E-state index contributed by atoms with van der Waals surface area (Å²) in [6.07, 6.45) is 0.652. The zero-order valence-electron chi connectivity index (χ0n) is 15.5. The molecule has 0 aliphatic carbocycles. The van der Waals surface area contributed by atoms with E-state index in [9.17, 15) is 8.42 Å². The molecule has 0 spiro atoms. The van der Waals surface area contributed by atoms with Crippen molar-refractivity contribution < 1.29 is 8.42 Å². The molecule has 0 aromatic heterocycles. The lowest BCUT2D eigenvalue weighted by Gasteiger charge is -2.35. The van der Waals surface area contributed by atoms with Crippen LogP contribution in [0.3, 0.4) is 0 Å². The summed E-state index contributed by atoms with van der Waals surface area (Å²) in [5.41, 5.74) is 3.60. The van der Waals surface area contributed by atoms with Crippen molar-refractivity contribution in [1.29, 1.82) is 0 Å². The molecule has 0 N–H and O–H groups in total. The first kappa shape index (κ1) is 17.6. The molecule has 0 bridgehead atoms. The van der Waals surface area contributed by atoms with E-state index in [-0.39, 0.29) is 12.2 Å². The monoisotopic (exact) mass is 390 g/mol. The number of rotatable bonds is 3. The fourth-order valence-electron chi connectivity index (χ4n) is 4.54. The van der Waals surface area contributed by atoms with Crippen LogP contribution in [0.2, 0.25) is 0 Å². The van der Waals surface area contributed by atoms with Gasteiger partial charge < -0.3 is 0 Å². The Morgan fingerprint density at radius 3 is 2.18 bits per heavy atom. The van der Waals surface area contributed by atoms with E-state index in [1.807, 2.05) is 42.5 Å². The maximum absolute atomic E-state index is 13.6. The number of fused-ring (bicyclic) bond motifs is 3. The SMILES string of the molecule is O=S(=O)(c1ccccc1)N1CC2c3ccccc3CCN2C1c1ccccc1. The molecule has 28 heavy (non-hydrogen) atoms. The van der Waals surface area contributed by atoms with Crippen LogP contribution in [0.15, 0.2) is 89.8 Å². The quantitative estimate of drug-likeness (QED) is 0.679. The summed E-state index contributed by atoms with van der Waals surface area (Å²) < 4.78 is 28.8. The minimum absolute atomic E-state index is 0.0774. The number of hydrogen-bond donors (Lipinski definition) is 0. The van der Waals surface area contributed by atoms with E-state index in [1.54, 1.807) is 28.6 Å². The normalized spacial score (nSPS) is 22.6. The van der Waals surface area contributed by atoms with Crippen molar-refractivity contribution in [3.63, 3.8) is 0 Å². The number of nitrogens with zero attached hydrogens (tertiary/aromatic N) is 2. The van der Waals surface area contributed by atoms with E-state index in [0.717, 1.165) is 18.5 Å². The van der Waals surface area contributed by atoms with E-state index >= 15 is 0 Å². The second-order valence-electron chi connectivity index (χ2n) is 7.37.